The second kappa shape index (κ2) is 3.54. The Morgan fingerprint density at radius 2 is 2.25 bits per heavy atom. The molecule has 0 aromatic carbocycles. The van der Waals surface area contributed by atoms with Crippen molar-refractivity contribution in [1.29, 1.82) is 0 Å². The van der Waals surface area contributed by atoms with Gasteiger partial charge in [0.2, 0.25) is 0 Å². The highest BCUT2D eigenvalue weighted by Crippen LogP contribution is 2.34. The summed E-state index contributed by atoms with van der Waals surface area (Å²) in [5, 5.41) is 4.53. The van der Waals surface area contributed by atoms with Crippen molar-refractivity contribution in [3.05, 3.63) is 39.1 Å². The smallest absolute Gasteiger partial charge is 0.285 e. The molecule has 0 unspecified atom stereocenters. The highest BCUT2D eigenvalue weighted by atomic mass is 32.1. The monoisotopic (exact) mass is 249 g/mol. The van der Waals surface area contributed by atoms with Gasteiger partial charge in [-0.25, -0.2) is 0 Å². The molecule has 3 nitrogen and oxygen atoms in total. The molecule has 0 spiro atoms. The molecule has 3 aromatic heterocycles. The van der Waals surface area contributed by atoms with Crippen LogP contribution in [0.5, 0.6) is 0 Å². The van der Waals surface area contributed by atoms with E-state index < -0.39 is 0 Å². The summed E-state index contributed by atoms with van der Waals surface area (Å²) in [6.45, 7) is 1.69. The van der Waals surface area contributed by atoms with Crippen LogP contribution in [0.4, 0.5) is 0 Å². The van der Waals surface area contributed by atoms with Crippen LogP contribution in [0.3, 0.4) is 0 Å². The minimum atomic E-state index is -0.205. The molecule has 0 aliphatic rings. The minimum Gasteiger partial charge on any atom is -0.432 e. The van der Waals surface area contributed by atoms with Crippen molar-refractivity contribution in [3.8, 4) is 10.4 Å². The fourth-order valence-corrected chi connectivity index (χ4v) is 3.36. The lowest BCUT2D eigenvalue weighted by molar-refractivity contribution is 0.541. The van der Waals surface area contributed by atoms with Crippen LogP contribution >= 0.6 is 22.7 Å². The van der Waals surface area contributed by atoms with Gasteiger partial charge in [0.05, 0.1) is 0 Å². The number of hydrogen-bond acceptors (Lipinski definition) is 5. The van der Waals surface area contributed by atoms with Gasteiger partial charge in [0, 0.05) is 22.7 Å². The van der Waals surface area contributed by atoms with E-state index in [2.05, 4.69) is 4.98 Å². The zero-order chi connectivity index (χ0) is 11.1. The molecule has 0 fully saturated rings. The Morgan fingerprint density at radius 3 is 3.00 bits per heavy atom. The van der Waals surface area contributed by atoms with Crippen LogP contribution in [0.1, 0.15) is 5.89 Å². The maximum atomic E-state index is 11.8. The molecule has 0 aliphatic heterocycles. The Kier molecular flexibility index (Phi) is 2.15. The summed E-state index contributed by atoms with van der Waals surface area (Å²) in [7, 11) is 0. The van der Waals surface area contributed by atoms with Crippen molar-refractivity contribution in [3.63, 3.8) is 0 Å². The largest absolute Gasteiger partial charge is 0.432 e. The third-order valence-corrected chi connectivity index (χ3v) is 4.02. The number of aromatic nitrogens is 1. The number of fused-ring (bicyclic) bond motifs is 1. The van der Waals surface area contributed by atoms with Crippen LogP contribution in [0.25, 0.3) is 20.7 Å². The first kappa shape index (κ1) is 9.74. The molecule has 80 valence electrons. The lowest BCUT2D eigenvalue weighted by atomic mass is 10.2. The molecule has 0 saturated heterocycles. The molecule has 0 amide bonds. The van der Waals surface area contributed by atoms with E-state index in [0.29, 0.717) is 16.2 Å². The third kappa shape index (κ3) is 1.40. The highest BCUT2D eigenvalue weighted by molar-refractivity contribution is 7.18. The Morgan fingerprint density at radius 1 is 1.38 bits per heavy atom. The molecule has 0 aliphatic carbocycles. The van der Waals surface area contributed by atoms with Gasteiger partial charge < -0.3 is 4.42 Å². The number of nitrogens with zero attached hydrogens (tertiary/aromatic N) is 1. The van der Waals surface area contributed by atoms with E-state index in [4.69, 9.17) is 4.42 Å². The van der Waals surface area contributed by atoms with Gasteiger partial charge >= 0.3 is 0 Å². The highest BCUT2D eigenvalue weighted by Gasteiger charge is 2.13. The first-order chi connectivity index (χ1) is 7.75. The van der Waals surface area contributed by atoms with Crippen molar-refractivity contribution in [1.82, 2.24) is 4.98 Å². The third-order valence-electron chi connectivity index (χ3n) is 2.26. The van der Waals surface area contributed by atoms with E-state index in [1.807, 2.05) is 22.9 Å². The topological polar surface area (TPSA) is 43.1 Å². The van der Waals surface area contributed by atoms with Gasteiger partial charge in [-0.15, -0.1) is 22.7 Å². The van der Waals surface area contributed by atoms with Crippen LogP contribution in [-0.2, 0) is 0 Å². The summed E-state index contributed by atoms with van der Waals surface area (Å²) in [5.41, 5.74) is 0.722. The van der Waals surface area contributed by atoms with Gasteiger partial charge in [-0.2, -0.15) is 4.98 Å². The van der Waals surface area contributed by atoms with Crippen LogP contribution in [-0.4, -0.2) is 4.98 Å². The molecule has 0 radical (unpaired) electrons. The summed E-state index contributed by atoms with van der Waals surface area (Å²) >= 11 is 3.05. The maximum absolute atomic E-state index is 11.8. The standard InChI is InChI=1S/C11H7NO2S2/c1-6-12-10(13)9-7(5-16-11(9)14-6)8-3-2-4-15-8/h2-5H,1H3. The fourth-order valence-electron chi connectivity index (χ4n) is 1.59. The van der Waals surface area contributed by atoms with Gasteiger partial charge in [-0.3, -0.25) is 4.79 Å². The van der Waals surface area contributed by atoms with Crippen LogP contribution in [0.2, 0.25) is 0 Å². The van der Waals surface area contributed by atoms with Gasteiger partial charge in [0.25, 0.3) is 5.56 Å². The quantitative estimate of drug-likeness (QED) is 0.664. The van der Waals surface area contributed by atoms with E-state index >= 15 is 0 Å². The van der Waals surface area contributed by atoms with E-state index in [1.165, 1.54) is 11.3 Å². The van der Waals surface area contributed by atoms with E-state index in [0.717, 1.165) is 10.4 Å². The normalized spacial score (nSPS) is 11.1. The average molecular weight is 249 g/mol. The summed E-state index contributed by atoms with van der Waals surface area (Å²) in [6, 6.07) is 3.96. The molecular formula is C11H7NO2S2. The molecule has 3 heterocycles. The van der Waals surface area contributed by atoms with Crippen molar-refractivity contribution in [2.45, 2.75) is 6.92 Å². The van der Waals surface area contributed by atoms with Crippen LogP contribution in [0, 0.1) is 6.92 Å². The van der Waals surface area contributed by atoms with Crippen molar-refractivity contribution >= 4 is 33.0 Å². The predicted molar refractivity (Wildman–Crippen MR) is 66.2 cm³/mol. The van der Waals surface area contributed by atoms with Crippen molar-refractivity contribution < 1.29 is 4.42 Å². The average Bonchev–Trinajstić information content (AvgIpc) is 2.82. The number of rotatable bonds is 1. The second-order valence-electron chi connectivity index (χ2n) is 3.33. The van der Waals surface area contributed by atoms with E-state index in [9.17, 15) is 4.79 Å². The summed E-state index contributed by atoms with van der Waals surface area (Å²) < 4.78 is 5.43. The zero-order valence-corrected chi connectivity index (χ0v) is 10.0. The molecule has 5 heteroatoms. The van der Waals surface area contributed by atoms with Crippen LogP contribution in [0.15, 0.2) is 32.1 Å². The molecule has 3 rings (SSSR count). The Hall–Kier alpha value is -1.46. The van der Waals surface area contributed by atoms with Gasteiger partial charge in [-0.05, 0) is 11.4 Å². The van der Waals surface area contributed by atoms with E-state index in [1.54, 1.807) is 18.3 Å². The molecule has 3 aromatic rings. The van der Waals surface area contributed by atoms with Gasteiger partial charge in [0.1, 0.15) is 5.39 Å². The molecule has 0 saturated carbocycles. The summed E-state index contributed by atoms with van der Waals surface area (Å²) in [4.78, 5) is 17.4. The first-order valence-corrected chi connectivity index (χ1v) is 6.44. The fraction of sp³-hybridized carbons (Fsp3) is 0.0909. The number of thiophene rings is 2. The Labute approximate surface area is 99.0 Å². The molecule has 0 N–H and O–H groups in total. The van der Waals surface area contributed by atoms with Gasteiger partial charge in [-0.1, -0.05) is 6.07 Å². The Balaban J connectivity index is 2.41. The lowest BCUT2D eigenvalue weighted by Crippen LogP contribution is -2.06. The van der Waals surface area contributed by atoms with Crippen LogP contribution < -0.4 is 5.56 Å². The van der Waals surface area contributed by atoms with Crippen molar-refractivity contribution in [2.75, 3.05) is 0 Å². The zero-order valence-electron chi connectivity index (χ0n) is 8.39. The number of hydrogen-bond donors (Lipinski definition) is 0. The predicted octanol–water partition coefficient (Wildman–Crippen LogP) is 3.29. The van der Waals surface area contributed by atoms with Crippen molar-refractivity contribution in [2.24, 2.45) is 0 Å². The summed E-state index contributed by atoms with van der Waals surface area (Å²) in [5.74, 6) is 0.414. The second-order valence-corrected chi connectivity index (χ2v) is 5.12. The molecule has 0 bridgehead atoms. The molecule has 16 heavy (non-hydrogen) atoms. The minimum absolute atomic E-state index is 0.205. The number of aryl methyl sites for hydroxylation is 1. The summed E-state index contributed by atoms with van der Waals surface area (Å²) in [6.07, 6.45) is 0. The molecular weight excluding hydrogens is 242 g/mol. The van der Waals surface area contributed by atoms with Gasteiger partial charge in [0.15, 0.2) is 10.8 Å². The van der Waals surface area contributed by atoms with E-state index in [-0.39, 0.29) is 5.56 Å². The lowest BCUT2D eigenvalue weighted by Gasteiger charge is -1.94. The molecule has 0 atom stereocenters. The first-order valence-electron chi connectivity index (χ1n) is 4.68. The Bertz CT molecular complexity index is 694. The maximum Gasteiger partial charge on any atom is 0.285 e. The SMILES string of the molecule is Cc1nc(=O)c2c(-c3cccs3)csc2o1.